The summed E-state index contributed by atoms with van der Waals surface area (Å²) < 4.78 is 0. The lowest BCUT2D eigenvalue weighted by molar-refractivity contribution is 0.616. The Morgan fingerprint density at radius 3 is 2.35 bits per heavy atom. The van der Waals surface area contributed by atoms with Gasteiger partial charge >= 0.3 is 0 Å². The van der Waals surface area contributed by atoms with E-state index in [0.717, 1.165) is 36.6 Å². The number of hydrogen-bond donors (Lipinski definition) is 2. The molecule has 4 nitrogen and oxygen atoms in total. The predicted octanol–water partition coefficient (Wildman–Crippen LogP) is 4.09. The van der Waals surface area contributed by atoms with E-state index in [1.54, 1.807) is 0 Å². The molecule has 0 aliphatic heterocycles. The van der Waals surface area contributed by atoms with Gasteiger partial charge in [0.05, 0.1) is 0 Å². The molecule has 1 heterocycles. The summed E-state index contributed by atoms with van der Waals surface area (Å²) >= 11 is 0. The van der Waals surface area contributed by atoms with Crippen molar-refractivity contribution in [3.05, 3.63) is 11.4 Å². The number of rotatable bonds is 10. The van der Waals surface area contributed by atoms with E-state index in [1.807, 2.05) is 6.92 Å². The summed E-state index contributed by atoms with van der Waals surface area (Å²) in [6.45, 7) is 7.32. The molecule has 1 aromatic rings. The quantitative estimate of drug-likeness (QED) is 0.633. The minimum absolute atomic E-state index is 0.605. The SMILES string of the molecule is CCCCCCCCNc1nc(CCC)nc(N)c1C. The standard InChI is InChI=1S/C16H30N4/c1-4-6-7-8-9-10-12-18-16-13(3)15(17)19-14(20-16)11-5-2/h4-12H2,1-3H3,(H3,17,18,19,20). The highest BCUT2D eigenvalue weighted by Gasteiger charge is 2.07. The Bertz CT molecular complexity index is 390. The van der Waals surface area contributed by atoms with Crippen molar-refractivity contribution in [1.82, 2.24) is 9.97 Å². The largest absolute Gasteiger partial charge is 0.383 e. The highest BCUT2D eigenvalue weighted by molar-refractivity contribution is 5.54. The molecule has 0 aromatic carbocycles. The van der Waals surface area contributed by atoms with Gasteiger partial charge in [0.25, 0.3) is 0 Å². The number of nitrogens with one attached hydrogen (secondary N) is 1. The van der Waals surface area contributed by atoms with E-state index in [-0.39, 0.29) is 0 Å². The lowest BCUT2D eigenvalue weighted by Crippen LogP contribution is -2.10. The molecule has 0 unspecified atom stereocenters. The molecule has 3 N–H and O–H groups in total. The Balaban J connectivity index is 2.38. The van der Waals surface area contributed by atoms with Gasteiger partial charge in [-0.25, -0.2) is 9.97 Å². The molecule has 0 aliphatic carbocycles. The van der Waals surface area contributed by atoms with Crippen LogP contribution in [0.15, 0.2) is 0 Å². The number of aromatic nitrogens is 2. The maximum atomic E-state index is 5.95. The van der Waals surface area contributed by atoms with Gasteiger partial charge in [-0.3, -0.25) is 0 Å². The van der Waals surface area contributed by atoms with Crippen molar-refractivity contribution >= 4 is 11.6 Å². The third-order valence-electron chi connectivity index (χ3n) is 3.53. The van der Waals surface area contributed by atoms with Crippen LogP contribution < -0.4 is 11.1 Å². The fourth-order valence-corrected chi connectivity index (χ4v) is 2.20. The van der Waals surface area contributed by atoms with Gasteiger partial charge in [0, 0.05) is 18.5 Å². The van der Waals surface area contributed by atoms with E-state index in [1.165, 1.54) is 38.5 Å². The van der Waals surface area contributed by atoms with E-state index < -0.39 is 0 Å². The van der Waals surface area contributed by atoms with Gasteiger partial charge in [-0.2, -0.15) is 0 Å². The second kappa shape index (κ2) is 9.56. The zero-order chi connectivity index (χ0) is 14.8. The summed E-state index contributed by atoms with van der Waals surface area (Å²) in [4.78, 5) is 8.90. The van der Waals surface area contributed by atoms with Crippen LogP contribution in [0.3, 0.4) is 0 Å². The number of unbranched alkanes of at least 4 members (excludes halogenated alkanes) is 5. The molecular formula is C16H30N4. The van der Waals surface area contributed by atoms with Crippen molar-refractivity contribution in [3.63, 3.8) is 0 Å². The van der Waals surface area contributed by atoms with Crippen LogP contribution >= 0.6 is 0 Å². The zero-order valence-electron chi connectivity index (χ0n) is 13.3. The summed E-state index contributed by atoms with van der Waals surface area (Å²) in [5, 5.41) is 3.41. The topological polar surface area (TPSA) is 63.8 Å². The minimum Gasteiger partial charge on any atom is -0.383 e. The lowest BCUT2D eigenvalue weighted by Gasteiger charge is -2.11. The van der Waals surface area contributed by atoms with Gasteiger partial charge in [-0.05, 0) is 19.8 Å². The Morgan fingerprint density at radius 2 is 1.65 bits per heavy atom. The number of aryl methyl sites for hydroxylation is 1. The molecule has 1 rings (SSSR count). The minimum atomic E-state index is 0.605. The van der Waals surface area contributed by atoms with Crippen LogP contribution in [0.2, 0.25) is 0 Å². The van der Waals surface area contributed by atoms with Crippen molar-refractivity contribution in [2.75, 3.05) is 17.6 Å². The summed E-state index contributed by atoms with van der Waals surface area (Å²) in [5.74, 6) is 2.37. The molecule has 0 aliphatic rings. The van der Waals surface area contributed by atoms with Crippen molar-refractivity contribution in [2.24, 2.45) is 0 Å². The molecule has 0 radical (unpaired) electrons. The number of anilines is 2. The van der Waals surface area contributed by atoms with E-state index >= 15 is 0 Å². The van der Waals surface area contributed by atoms with Gasteiger partial charge < -0.3 is 11.1 Å². The van der Waals surface area contributed by atoms with Crippen molar-refractivity contribution in [3.8, 4) is 0 Å². The van der Waals surface area contributed by atoms with Gasteiger partial charge in [0.2, 0.25) is 0 Å². The molecule has 0 saturated carbocycles. The first-order valence-electron chi connectivity index (χ1n) is 8.05. The van der Waals surface area contributed by atoms with Crippen molar-refractivity contribution in [2.45, 2.75) is 72.1 Å². The zero-order valence-corrected chi connectivity index (χ0v) is 13.3. The number of nitrogen functional groups attached to an aromatic ring is 1. The summed E-state index contributed by atoms with van der Waals surface area (Å²) in [6.07, 6.45) is 9.76. The molecule has 4 heteroatoms. The molecular weight excluding hydrogens is 248 g/mol. The van der Waals surface area contributed by atoms with Crippen LogP contribution in [-0.4, -0.2) is 16.5 Å². The monoisotopic (exact) mass is 278 g/mol. The molecule has 0 amide bonds. The summed E-state index contributed by atoms with van der Waals surface area (Å²) in [7, 11) is 0. The van der Waals surface area contributed by atoms with Crippen LogP contribution in [0.1, 0.15) is 70.2 Å². The van der Waals surface area contributed by atoms with E-state index in [0.29, 0.717) is 5.82 Å². The number of nitrogens with zero attached hydrogens (tertiary/aromatic N) is 2. The van der Waals surface area contributed by atoms with Gasteiger partial charge in [0.15, 0.2) is 0 Å². The van der Waals surface area contributed by atoms with Crippen LogP contribution in [-0.2, 0) is 6.42 Å². The lowest BCUT2D eigenvalue weighted by atomic mass is 10.1. The van der Waals surface area contributed by atoms with Crippen LogP contribution in [0, 0.1) is 6.92 Å². The Labute approximate surface area is 123 Å². The average molecular weight is 278 g/mol. The molecule has 0 fully saturated rings. The first-order valence-corrected chi connectivity index (χ1v) is 8.05. The molecule has 1 aromatic heterocycles. The molecule has 114 valence electrons. The second-order valence-corrected chi connectivity index (χ2v) is 5.44. The first kappa shape index (κ1) is 16.7. The van der Waals surface area contributed by atoms with Crippen LogP contribution in [0.5, 0.6) is 0 Å². The van der Waals surface area contributed by atoms with E-state index in [2.05, 4.69) is 29.1 Å². The van der Waals surface area contributed by atoms with Crippen molar-refractivity contribution < 1.29 is 0 Å². The van der Waals surface area contributed by atoms with Crippen LogP contribution in [0.25, 0.3) is 0 Å². The van der Waals surface area contributed by atoms with Crippen LogP contribution in [0.4, 0.5) is 11.6 Å². The average Bonchev–Trinajstić information content (AvgIpc) is 2.43. The smallest absolute Gasteiger partial charge is 0.134 e. The maximum absolute atomic E-state index is 5.95. The predicted molar refractivity (Wildman–Crippen MR) is 87.0 cm³/mol. The number of hydrogen-bond acceptors (Lipinski definition) is 4. The number of nitrogens with two attached hydrogens (primary N) is 1. The summed E-state index contributed by atoms with van der Waals surface area (Å²) in [6, 6.07) is 0. The molecule has 0 saturated heterocycles. The van der Waals surface area contributed by atoms with Crippen molar-refractivity contribution in [1.29, 1.82) is 0 Å². The highest BCUT2D eigenvalue weighted by Crippen LogP contribution is 2.18. The molecule has 0 bridgehead atoms. The fraction of sp³-hybridized carbons (Fsp3) is 0.750. The van der Waals surface area contributed by atoms with Gasteiger partial charge in [-0.1, -0.05) is 46.0 Å². The third kappa shape index (κ3) is 5.76. The normalized spacial score (nSPS) is 10.8. The first-order chi connectivity index (χ1) is 9.69. The molecule has 20 heavy (non-hydrogen) atoms. The highest BCUT2D eigenvalue weighted by atomic mass is 15.1. The maximum Gasteiger partial charge on any atom is 0.134 e. The molecule has 0 spiro atoms. The van der Waals surface area contributed by atoms with E-state index in [4.69, 9.17) is 5.73 Å². The van der Waals surface area contributed by atoms with Gasteiger partial charge in [0.1, 0.15) is 17.5 Å². The fourth-order valence-electron chi connectivity index (χ4n) is 2.20. The second-order valence-electron chi connectivity index (χ2n) is 5.44. The Kier molecular flexibility index (Phi) is 8.00. The van der Waals surface area contributed by atoms with Gasteiger partial charge in [-0.15, -0.1) is 0 Å². The molecule has 0 atom stereocenters. The van der Waals surface area contributed by atoms with E-state index in [9.17, 15) is 0 Å². The third-order valence-corrected chi connectivity index (χ3v) is 3.53. The Morgan fingerprint density at radius 1 is 0.950 bits per heavy atom. The Hall–Kier alpha value is -1.32. The summed E-state index contributed by atoms with van der Waals surface area (Å²) in [5.41, 5.74) is 6.91.